The first-order valence-electron chi connectivity index (χ1n) is 4.08. The van der Waals surface area contributed by atoms with Gasteiger partial charge in [-0.25, -0.2) is 0 Å². The maximum Gasteiger partial charge on any atom is 0.188 e. The van der Waals surface area contributed by atoms with Gasteiger partial charge in [-0.1, -0.05) is 0 Å². The molecule has 4 nitrogen and oxygen atoms in total. The Morgan fingerprint density at radius 2 is 2.14 bits per heavy atom. The second kappa shape index (κ2) is 4.62. The van der Waals surface area contributed by atoms with Crippen LogP contribution in [0, 0.1) is 0 Å². The average molecular weight is 196 g/mol. The summed E-state index contributed by atoms with van der Waals surface area (Å²) in [5.41, 5.74) is 0.408. The lowest BCUT2D eigenvalue weighted by atomic mass is 10.1. The molecule has 0 aliphatic rings. The molecule has 0 saturated carbocycles. The zero-order valence-electron chi connectivity index (χ0n) is 8.11. The minimum absolute atomic E-state index is 0.00572. The van der Waals surface area contributed by atoms with Crippen LogP contribution < -0.4 is 4.74 Å². The minimum Gasteiger partial charge on any atom is -0.504 e. The molecular weight excluding hydrogens is 184 g/mol. The molecule has 0 atom stereocenters. The SMILES string of the molecule is COCC(=O)c1ccc(OC)c(O)c1. The number of Topliss-reactive ketones (excluding diaryl/α,β-unsaturated/α-hetero) is 1. The van der Waals surface area contributed by atoms with E-state index in [1.165, 1.54) is 26.4 Å². The molecule has 0 aliphatic heterocycles. The van der Waals surface area contributed by atoms with Gasteiger partial charge in [0, 0.05) is 12.7 Å². The van der Waals surface area contributed by atoms with Gasteiger partial charge in [-0.15, -0.1) is 0 Å². The summed E-state index contributed by atoms with van der Waals surface area (Å²) >= 11 is 0. The maximum absolute atomic E-state index is 11.3. The van der Waals surface area contributed by atoms with Gasteiger partial charge in [-0.05, 0) is 18.2 Å². The number of carbonyl (C=O) groups excluding carboxylic acids is 1. The maximum atomic E-state index is 11.3. The first kappa shape index (κ1) is 10.5. The van der Waals surface area contributed by atoms with Crippen molar-refractivity contribution in [2.24, 2.45) is 0 Å². The second-order valence-corrected chi connectivity index (χ2v) is 2.74. The number of methoxy groups -OCH3 is 2. The molecule has 0 spiro atoms. The Balaban J connectivity index is 2.91. The topological polar surface area (TPSA) is 55.8 Å². The van der Waals surface area contributed by atoms with Crippen molar-refractivity contribution < 1.29 is 19.4 Å². The highest BCUT2D eigenvalue weighted by Crippen LogP contribution is 2.26. The number of aromatic hydroxyl groups is 1. The summed E-state index contributed by atoms with van der Waals surface area (Å²) in [6.07, 6.45) is 0. The Kier molecular flexibility index (Phi) is 3.48. The van der Waals surface area contributed by atoms with Gasteiger partial charge in [-0.2, -0.15) is 0 Å². The van der Waals surface area contributed by atoms with Crippen molar-refractivity contribution in [3.63, 3.8) is 0 Å². The van der Waals surface area contributed by atoms with Gasteiger partial charge in [0.2, 0.25) is 0 Å². The molecule has 76 valence electrons. The fourth-order valence-corrected chi connectivity index (χ4v) is 1.08. The molecule has 0 amide bonds. The van der Waals surface area contributed by atoms with Crippen LogP contribution in [0.2, 0.25) is 0 Å². The van der Waals surface area contributed by atoms with Gasteiger partial charge in [0.25, 0.3) is 0 Å². The zero-order valence-corrected chi connectivity index (χ0v) is 8.11. The Labute approximate surface area is 82.1 Å². The third kappa shape index (κ3) is 2.23. The van der Waals surface area contributed by atoms with Crippen LogP contribution in [0.3, 0.4) is 0 Å². The number of ether oxygens (including phenoxy) is 2. The number of phenols is 1. The summed E-state index contributed by atoms with van der Waals surface area (Å²) in [6, 6.07) is 4.48. The predicted molar refractivity (Wildman–Crippen MR) is 50.9 cm³/mol. The van der Waals surface area contributed by atoms with E-state index < -0.39 is 0 Å². The molecule has 0 heterocycles. The van der Waals surface area contributed by atoms with Crippen molar-refractivity contribution in [2.75, 3.05) is 20.8 Å². The van der Waals surface area contributed by atoms with E-state index in [4.69, 9.17) is 9.47 Å². The number of ketones is 1. The van der Waals surface area contributed by atoms with Crippen LogP contribution in [0.25, 0.3) is 0 Å². The van der Waals surface area contributed by atoms with E-state index in [-0.39, 0.29) is 18.1 Å². The minimum atomic E-state index is -0.176. The molecule has 0 bridgehead atoms. The summed E-state index contributed by atoms with van der Waals surface area (Å²) in [4.78, 5) is 11.3. The van der Waals surface area contributed by atoms with Crippen molar-refractivity contribution in [2.45, 2.75) is 0 Å². The van der Waals surface area contributed by atoms with Crippen molar-refractivity contribution in [1.82, 2.24) is 0 Å². The summed E-state index contributed by atoms with van der Waals surface area (Å²) in [5.74, 6) is 0.124. The van der Waals surface area contributed by atoms with E-state index in [1.54, 1.807) is 6.07 Å². The molecular formula is C10H12O4. The van der Waals surface area contributed by atoms with Crippen molar-refractivity contribution in [3.05, 3.63) is 23.8 Å². The van der Waals surface area contributed by atoms with E-state index in [0.717, 1.165) is 0 Å². The molecule has 1 aromatic carbocycles. The predicted octanol–water partition coefficient (Wildman–Crippen LogP) is 1.23. The lowest BCUT2D eigenvalue weighted by Crippen LogP contribution is -2.06. The molecule has 0 radical (unpaired) electrons. The highest BCUT2D eigenvalue weighted by molar-refractivity contribution is 5.97. The summed E-state index contributed by atoms with van der Waals surface area (Å²) in [6.45, 7) is 0.00572. The molecule has 1 N–H and O–H groups in total. The smallest absolute Gasteiger partial charge is 0.188 e. The molecule has 14 heavy (non-hydrogen) atoms. The van der Waals surface area contributed by atoms with Crippen molar-refractivity contribution >= 4 is 5.78 Å². The van der Waals surface area contributed by atoms with E-state index in [9.17, 15) is 9.90 Å². The van der Waals surface area contributed by atoms with E-state index >= 15 is 0 Å². The van der Waals surface area contributed by atoms with Gasteiger partial charge >= 0.3 is 0 Å². The van der Waals surface area contributed by atoms with E-state index in [1.807, 2.05) is 0 Å². The first-order valence-corrected chi connectivity index (χ1v) is 4.08. The fourth-order valence-electron chi connectivity index (χ4n) is 1.08. The molecule has 0 saturated heterocycles. The Morgan fingerprint density at radius 1 is 1.43 bits per heavy atom. The Bertz CT molecular complexity index is 333. The summed E-state index contributed by atoms with van der Waals surface area (Å²) in [7, 11) is 2.90. The molecule has 1 rings (SSSR count). The van der Waals surface area contributed by atoms with Crippen molar-refractivity contribution in [3.8, 4) is 11.5 Å². The van der Waals surface area contributed by atoms with Crippen LogP contribution in [0.1, 0.15) is 10.4 Å². The normalized spacial score (nSPS) is 9.86. The Morgan fingerprint density at radius 3 is 2.64 bits per heavy atom. The largest absolute Gasteiger partial charge is 0.504 e. The van der Waals surface area contributed by atoms with Crippen LogP contribution in [0.5, 0.6) is 11.5 Å². The van der Waals surface area contributed by atoms with Crippen LogP contribution in [0.15, 0.2) is 18.2 Å². The third-order valence-corrected chi connectivity index (χ3v) is 1.78. The van der Waals surface area contributed by atoms with Crippen LogP contribution >= 0.6 is 0 Å². The van der Waals surface area contributed by atoms with Crippen LogP contribution in [-0.4, -0.2) is 31.7 Å². The Hall–Kier alpha value is -1.55. The number of carbonyl (C=O) groups is 1. The molecule has 0 aliphatic carbocycles. The van der Waals surface area contributed by atoms with Crippen molar-refractivity contribution in [1.29, 1.82) is 0 Å². The lowest BCUT2D eigenvalue weighted by molar-refractivity contribution is 0.0847. The zero-order chi connectivity index (χ0) is 10.6. The van der Waals surface area contributed by atoms with E-state index in [2.05, 4.69) is 0 Å². The highest BCUT2D eigenvalue weighted by atomic mass is 16.5. The highest BCUT2D eigenvalue weighted by Gasteiger charge is 2.08. The molecule has 1 aromatic rings. The second-order valence-electron chi connectivity index (χ2n) is 2.74. The van der Waals surface area contributed by atoms with Crippen LogP contribution in [0.4, 0.5) is 0 Å². The number of rotatable bonds is 4. The third-order valence-electron chi connectivity index (χ3n) is 1.78. The van der Waals surface area contributed by atoms with Gasteiger partial charge in [0.1, 0.15) is 6.61 Å². The monoisotopic (exact) mass is 196 g/mol. The standard InChI is InChI=1S/C10H12O4/c1-13-6-9(12)7-3-4-10(14-2)8(11)5-7/h3-5,11H,6H2,1-2H3. The van der Waals surface area contributed by atoms with Crippen LogP contribution in [-0.2, 0) is 4.74 Å². The van der Waals surface area contributed by atoms with E-state index in [0.29, 0.717) is 11.3 Å². The lowest BCUT2D eigenvalue weighted by Gasteiger charge is -2.04. The molecule has 0 aromatic heterocycles. The average Bonchev–Trinajstić information content (AvgIpc) is 2.18. The number of hydrogen-bond acceptors (Lipinski definition) is 4. The van der Waals surface area contributed by atoms with Gasteiger partial charge in [-0.3, -0.25) is 4.79 Å². The van der Waals surface area contributed by atoms with Gasteiger partial charge in [0.05, 0.1) is 7.11 Å². The number of hydrogen-bond donors (Lipinski definition) is 1. The fraction of sp³-hybridized carbons (Fsp3) is 0.300. The first-order chi connectivity index (χ1) is 6.69. The summed E-state index contributed by atoms with van der Waals surface area (Å²) < 4.78 is 9.54. The van der Waals surface area contributed by atoms with Gasteiger partial charge in [0.15, 0.2) is 17.3 Å². The summed E-state index contributed by atoms with van der Waals surface area (Å²) in [5, 5.41) is 9.39. The quantitative estimate of drug-likeness (QED) is 0.736. The number of benzene rings is 1. The number of phenolic OH excluding ortho intramolecular Hbond substituents is 1. The molecule has 4 heteroatoms. The molecule has 0 unspecified atom stereocenters. The molecule has 0 fully saturated rings. The van der Waals surface area contributed by atoms with Gasteiger partial charge < -0.3 is 14.6 Å².